The molecule has 0 spiro atoms. The van der Waals surface area contributed by atoms with Gasteiger partial charge in [-0.2, -0.15) is 0 Å². The van der Waals surface area contributed by atoms with Gasteiger partial charge in [0, 0.05) is 13.1 Å². The first-order chi connectivity index (χ1) is 5.62. The molecule has 0 heterocycles. The van der Waals surface area contributed by atoms with Crippen molar-refractivity contribution in [1.29, 1.82) is 0 Å². The number of hydroxylamine groups is 2. The fourth-order valence-electron chi connectivity index (χ4n) is 0.480. The Morgan fingerprint density at radius 2 is 1.75 bits per heavy atom. The maximum Gasteiger partial charge on any atom is 0.423 e. The monoisotopic (exact) mass is 177 g/mol. The molecule has 0 fully saturated rings. The lowest BCUT2D eigenvalue weighted by molar-refractivity contribution is -0.0879. The van der Waals surface area contributed by atoms with E-state index in [-0.39, 0.29) is 0 Å². The quantitative estimate of drug-likeness (QED) is 0.603. The molecule has 12 heavy (non-hydrogen) atoms. The number of nitrogens with zero attached hydrogens (tertiary/aromatic N) is 1. The molecule has 0 saturated heterocycles. The van der Waals surface area contributed by atoms with Gasteiger partial charge in [0.25, 0.3) is 0 Å². The summed E-state index contributed by atoms with van der Waals surface area (Å²) < 4.78 is 0. The van der Waals surface area contributed by atoms with Crippen molar-refractivity contribution in [3.05, 3.63) is 0 Å². The van der Waals surface area contributed by atoms with Crippen LogP contribution < -0.4 is 11.1 Å². The van der Waals surface area contributed by atoms with Crippen LogP contribution in [0.2, 0.25) is 0 Å². The van der Waals surface area contributed by atoms with Crippen LogP contribution in [-0.2, 0) is 4.84 Å². The second-order valence-electron chi connectivity index (χ2n) is 2.02. The average Bonchev–Trinajstić information content (AvgIpc) is 2.01. The van der Waals surface area contributed by atoms with Crippen molar-refractivity contribution in [2.45, 2.75) is 13.8 Å². The van der Waals surface area contributed by atoms with Crippen molar-refractivity contribution in [3.63, 3.8) is 0 Å². The lowest BCUT2D eigenvalue weighted by atomic mass is 10.6. The highest BCUT2D eigenvalue weighted by Gasteiger charge is 2.00. The molecule has 0 saturated carbocycles. The van der Waals surface area contributed by atoms with Crippen LogP contribution in [0.5, 0.6) is 0 Å². The van der Waals surface area contributed by atoms with Crippen LogP contribution >= 0.6 is 0 Å². The summed E-state index contributed by atoms with van der Waals surface area (Å²) in [6.45, 7) is 5.10. The fraction of sp³-hybridized carbons (Fsp3) is 0.857. The number of nitrogens with two attached hydrogens (primary N) is 1. The van der Waals surface area contributed by atoms with Crippen LogP contribution in [0.1, 0.15) is 13.8 Å². The fourth-order valence-corrected chi connectivity index (χ4v) is 0.480. The zero-order valence-corrected chi connectivity index (χ0v) is 8.26. The second-order valence-corrected chi connectivity index (χ2v) is 2.02. The van der Waals surface area contributed by atoms with E-state index in [0.717, 1.165) is 0 Å². The summed E-state index contributed by atoms with van der Waals surface area (Å²) in [6.07, 6.45) is -0.751. The molecule has 1 amide bonds. The summed E-state index contributed by atoms with van der Waals surface area (Å²) in [7, 11) is 3.75. The Morgan fingerprint density at radius 3 is 1.83 bits per heavy atom. The van der Waals surface area contributed by atoms with Gasteiger partial charge in [0.1, 0.15) is 0 Å². The minimum atomic E-state index is -0.751. The summed E-state index contributed by atoms with van der Waals surface area (Å²) >= 11 is 0. The van der Waals surface area contributed by atoms with Gasteiger partial charge in [0.15, 0.2) is 0 Å². The van der Waals surface area contributed by atoms with Gasteiger partial charge in [0.2, 0.25) is 0 Å². The maximum atomic E-state index is 10.1. The van der Waals surface area contributed by atoms with Gasteiger partial charge in [-0.15, -0.1) is 5.06 Å². The van der Waals surface area contributed by atoms with Crippen molar-refractivity contribution in [3.8, 4) is 0 Å². The number of carbonyl (C=O) groups excluding carboxylic acids is 1. The van der Waals surface area contributed by atoms with Crippen molar-refractivity contribution < 1.29 is 9.63 Å². The van der Waals surface area contributed by atoms with E-state index in [1.165, 1.54) is 5.06 Å². The molecular weight excluding hydrogens is 158 g/mol. The molecule has 0 aromatic carbocycles. The molecule has 0 radical (unpaired) electrons. The van der Waals surface area contributed by atoms with Crippen molar-refractivity contribution in [2.75, 3.05) is 27.2 Å². The van der Waals surface area contributed by atoms with E-state index in [2.05, 4.69) is 10.2 Å². The molecular formula is C7H19N3O2. The molecule has 0 aliphatic carbocycles. The minimum absolute atomic E-state index is 0.666. The molecule has 3 N–H and O–H groups in total. The van der Waals surface area contributed by atoms with Gasteiger partial charge < -0.3 is 15.9 Å². The largest absolute Gasteiger partial charge is 0.423 e. The van der Waals surface area contributed by atoms with Crippen LogP contribution in [-0.4, -0.2) is 38.3 Å². The van der Waals surface area contributed by atoms with Gasteiger partial charge >= 0.3 is 6.09 Å². The van der Waals surface area contributed by atoms with Crippen LogP contribution in [0.4, 0.5) is 4.79 Å². The molecule has 0 unspecified atom stereocenters. The summed E-state index contributed by atoms with van der Waals surface area (Å²) in [4.78, 5) is 14.6. The van der Waals surface area contributed by atoms with E-state index in [1.807, 2.05) is 27.9 Å². The highest BCUT2D eigenvalue weighted by molar-refractivity contribution is 5.64. The summed E-state index contributed by atoms with van der Waals surface area (Å²) in [5, 5.41) is 4.22. The standard InChI is InChI=1S/C5H12N2O2.C2H7N/c1-3-7(4-2)9-5(6)8;1-3-2/h3-4H2,1-2H3,(H2,6,8);3H,1-2H3. The maximum absolute atomic E-state index is 10.1. The molecule has 0 bridgehead atoms. The van der Waals surface area contributed by atoms with Gasteiger partial charge in [-0.1, -0.05) is 0 Å². The Morgan fingerprint density at radius 1 is 1.42 bits per heavy atom. The molecule has 0 aromatic heterocycles. The molecule has 5 nitrogen and oxygen atoms in total. The Labute approximate surface area is 73.8 Å². The normalized spacial score (nSPS) is 8.75. The smallest absolute Gasteiger partial charge is 0.351 e. The first kappa shape index (κ1) is 13.8. The Bertz CT molecular complexity index is 105. The number of nitrogens with one attached hydrogen (secondary N) is 1. The zero-order chi connectivity index (χ0) is 9.98. The number of rotatable bonds is 3. The van der Waals surface area contributed by atoms with E-state index < -0.39 is 6.09 Å². The number of hydrogen-bond donors (Lipinski definition) is 2. The third-order valence-electron chi connectivity index (χ3n) is 0.924. The number of amides is 1. The SMILES string of the molecule is CCN(CC)OC(N)=O.CNC. The second kappa shape index (κ2) is 10.2. The molecule has 0 rings (SSSR count). The van der Waals surface area contributed by atoms with Crippen molar-refractivity contribution in [1.82, 2.24) is 10.4 Å². The predicted molar refractivity (Wildman–Crippen MR) is 48.6 cm³/mol. The van der Waals surface area contributed by atoms with Crippen molar-refractivity contribution in [2.24, 2.45) is 5.73 Å². The number of carbonyl (C=O) groups is 1. The zero-order valence-electron chi connectivity index (χ0n) is 8.26. The Balaban J connectivity index is 0. The Kier molecular flexibility index (Phi) is 11.7. The molecule has 0 aromatic rings. The predicted octanol–water partition coefficient (Wildman–Crippen LogP) is 0.174. The van der Waals surface area contributed by atoms with Gasteiger partial charge in [-0.3, -0.25) is 0 Å². The van der Waals surface area contributed by atoms with Gasteiger partial charge in [-0.25, -0.2) is 4.79 Å². The Hall–Kier alpha value is -0.810. The van der Waals surface area contributed by atoms with Gasteiger partial charge in [0.05, 0.1) is 0 Å². The summed E-state index contributed by atoms with van der Waals surface area (Å²) in [6, 6.07) is 0. The highest BCUT2D eigenvalue weighted by atomic mass is 16.7. The first-order valence-corrected chi connectivity index (χ1v) is 3.93. The molecule has 0 aliphatic heterocycles. The van der Waals surface area contributed by atoms with E-state index >= 15 is 0 Å². The molecule has 5 heteroatoms. The van der Waals surface area contributed by atoms with Crippen LogP contribution in [0.25, 0.3) is 0 Å². The topological polar surface area (TPSA) is 67.6 Å². The number of hydrogen-bond acceptors (Lipinski definition) is 4. The van der Waals surface area contributed by atoms with E-state index in [4.69, 9.17) is 5.73 Å². The van der Waals surface area contributed by atoms with E-state index in [1.54, 1.807) is 0 Å². The number of primary amides is 1. The average molecular weight is 177 g/mol. The first-order valence-electron chi connectivity index (χ1n) is 3.93. The third kappa shape index (κ3) is 11.9. The summed E-state index contributed by atoms with van der Waals surface area (Å²) in [5.74, 6) is 0. The van der Waals surface area contributed by atoms with Crippen LogP contribution in [0, 0.1) is 0 Å². The van der Waals surface area contributed by atoms with Crippen LogP contribution in [0.15, 0.2) is 0 Å². The van der Waals surface area contributed by atoms with Crippen LogP contribution in [0.3, 0.4) is 0 Å². The van der Waals surface area contributed by atoms with Gasteiger partial charge in [-0.05, 0) is 27.9 Å². The lowest BCUT2D eigenvalue weighted by Gasteiger charge is -2.14. The van der Waals surface area contributed by atoms with E-state index in [9.17, 15) is 4.79 Å². The molecule has 0 atom stereocenters. The minimum Gasteiger partial charge on any atom is -0.351 e. The third-order valence-corrected chi connectivity index (χ3v) is 0.924. The molecule has 74 valence electrons. The van der Waals surface area contributed by atoms with Crippen molar-refractivity contribution >= 4 is 6.09 Å². The molecule has 0 aliphatic rings. The highest BCUT2D eigenvalue weighted by Crippen LogP contribution is 1.86. The lowest BCUT2D eigenvalue weighted by Crippen LogP contribution is -2.29. The summed E-state index contributed by atoms with van der Waals surface area (Å²) in [5.41, 5.74) is 4.74. The van der Waals surface area contributed by atoms with E-state index in [0.29, 0.717) is 13.1 Å².